The summed E-state index contributed by atoms with van der Waals surface area (Å²) in [6, 6.07) is 25.7. The molecule has 2 fully saturated rings. The van der Waals surface area contributed by atoms with Crippen molar-refractivity contribution in [1.29, 1.82) is 5.26 Å². The second-order valence-electron chi connectivity index (χ2n) is 11.5. The number of hydrogen-bond acceptors (Lipinski definition) is 8. The number of carbonyl (C=O) groups is 1. The number of cyclic esters (lactones) is 1. The predicted octanol–water partition coefficient (Wildman–Crippen LogP) is 5.70. The zero-order valence-electron chi connectivity index (χ0n) is 24.1. The zero-order chi connectivity index (χ0) is 29.6. The number of piperidine rings is 1. The first-order valence-corrected chi connectivity index (χ1v) is 15.5. The van der Waals surface area contributed by atoms with Gasteiger partial charge in [0.1, 0.15) is 25.6 Å². The van der Waals surface area contributed by atoms with Crippen LogP contribution >= 0.6 is 12.6 Å². The van der Waals surface area contributed by atoms with Crippen LogP contribution in [0.1, 0.15) is 36.0 Å². The van der Waals surface area contributed by atoms with Crippen LogP contribution in [0.15, 0.2) is 72.8 Å². The van der Waals surface area contributed by atoms with Crippen LogP contribution in [0.2, 0.25) is 0 Å². The minimum Gasteiger partial charge on any atom is -0.489 e. The van der Waals surface area contributed by atoms with Gasteiger partial charge >= 0.3 is 6.09 Å². The van der Waals surface area contributed by atoms with Gasteiger partial charge in [-0.1, -0.05) is 42.5 Å². The number of ether oxygens (including phenoxy) is 4. The summed E-state index contributed by atoms with van der Waals surface area (Å²) in [7, 11) is 0. The van der Waals surface area contributed by atoms with Crippen LogP contribution in [0.4, 0.5) is 4.79 Å². The first-order valence-electron chi connectivity index (χ1n) is 15.0. The van der Waals surface area contributed by atoms with Crippen LogP contribution in [0.3, 0.4) is 0 Å². The molecular weight excluding hydrogens is 562 g/mol. The Morgan fingerprint density at radius 1 is 0.953 bits per heavy atom. The first kappa shape index (κ1) is 29.2. The molecule has 0 saturated carbocycles. The maximum Gasteiger partial charge on any atom is 0.410 e. The Labute approximate surface area is 258 Å². The van der Waals surface area contributed by atoms with E-state index in [1.54, 1.807) is 18.2 Å². The van der Waals surface area contributed by atoms with E-state index in [1.165, 1.54) is 0 Å². The number of thiol groups is 1. The number of fused-ring (bicyclic) bond motifs is 1. The molecule has 224 valence electrons. The van der Waals surface area contributed by atoms with Gasteiger partial charge in [-0.2, -0.15) is 17.9 Å². The lowest BCUT2D eigenvalue weighted by Gasteiger charge is -2.40. The van der Waals surface area contributed by atoms with Crippen LogP contribution in [0, 0.1) is 17.2 Å². The fraction of sp³-hybridized carbons (Fsp3) is 0.412. The highest BCUT2D eigenvalue weighted by Crippen LogP contribution is 2.35. The molecule has 9 heteroatoms. The summed E-state index contributed by atoms with van der Waals surface area (Å²) in [5.41, 5.74) is 2.84. The van der Waals surface area contributed by atoms with Crippen LogP contribution in [-0.2, 0) is 17.8 Å². The van der Waals surface area contributed by atoms with E-state index in [2.05, 4.69) is 35.2 Å². The quantitative estimate of drug-likeness (QED) is 0.300. The Kier molecular flexibility index (Phi) is 9.25. The summed E-state index contributed by atoms with van der Waals surface area (Å²) in [5, 5.41) is 9.10. The van der Waals surface area contributed by atoms with Crippen molar-refractivity contribution in [2.45, 2.75) is 49.8 Å². The topological polar surface area (TPSA) is 84.3 Å². The van der Waals surface area contributed by atoms with E-state index in [0.29, 0.717) is 49.3 Å². The number of amides is 1. The third-order valence-electron chi connectivity index (χ3n) is 8.61. The van der Waals surface area contributed by atoms with Crippen LogP contribution < -0.4 is 14.2 Å². The van der Waals surface area contributed by atoms with Crippen molar-refractivity contribution in [1.82, 2.24) is 9.80 Å². The predicted molar refractivity (Wildman–Crippen MR) is 166 cm³/mol. The molecule has 43 heavy (non-hydrogen) atoms. The standard InChI is InChI=1S/C34H37N3O5S/c35-20-27-8-11-30-31(19-27)42-32(23-40-30)33(43)36-15-12-24(13-16-36)14-17-37-28(22-41-34(37)38)18-25-6-9-29(10-7-25)39-21-26-4-2-1-3-5-26/h1-11,19,24,28,32-33,43H,12-18,21-23H2/t28?,32-,33?/m1/s1. The summed E-state index contributed by atoms with van der Waals surface area (Å²) in [6.07, 6.45) is 3.36. The van der Waals surface area contributed by atoms with E-state index in [1.807, 2.05) is 35.2 Å². The SMILES string of the molecule is N#Cc1ccc2c(c1)O[C@@H](C(S)N1CCC(CCN3C(=O)OCC3Cc3ccc(OCc4ccccc4)cc3)CC1)CO2. The number of hydrogen-bond donors (Lipinski definition) is 1. The molecule has 0 radical (unpaired) electrons. The number of likely N-dealkylation sites (tertiary alicyclic amines) is 1. The molecule has 1 amide bonds. The minimum absolute atomic E-state index is 0.0402. The molecular formula is C34H37N3O5S. The first-order chi connectivity index (χ1) is 21.1. The zero-order valence-corrected chi connectivity index (χ0v) is 25.0. The third-order valence-corrected chi connectivity index (χ3v) is 9.26. The molecule has 0 bridgehead atoms. The van der Waals surface area contributed by atoms with Crippen LogP contribution in [0.5, 0.6) is 17.2 Å². The lowest BCUT2D eigenvalue weighted by atomic mass is 9.92. The van der Waals surface area contributed by atoms with Gasteiger partial charge in [-0.05, 0) is 80.1 Å². The number of carbonyl (C=O) groups excluding carboxylic acids is 1. The van der Waals surface area contributed by atoms with Crippen LogP contribution in [0.25, 0.3) is 0 Å². The summed E-state index contributed by atoms with van der Waals surface area (Å²) in [4.78, 5) is 16.8. The number of benzene rings is 3. The van der Waals surface area contributed by atoms with Gasteiger partial charge in [0, 0.05) is 12.6 Å². The van der Waals surface area contributed by atoms with E-state index in [4.69, 9.17) is 31.6 Å². The fourth-order valence-corrected chi connectivity index (χ4v) is 6.41. The van der Waals surface area contributed by atoms with E-state index in [9.17, 15) is 10.1 Å². The number of nitriles is 1. The van der Waals surface area contributed by atoms with Gasteiger partial charge in [0.25, 0.3) is 0 Å². The van der Waals surface area contributed by atoms with Crippen molar-refractivity contribution >= 4 is 18.7 Å². The van der Waals surface area contributed by atoms with E-state index < -0.39 is 0 Å². The normalized spacial score (nSPS) is 21.2. The average Bonchev–Trinajstić information content (AvgIpc) is 3.41. The summed E-state index contributed by atoms with van der Waals surface area (Å²) < 4.78 is 23.5. The second-order valence-corrected chi connectivity index (χ2v) is 12.0. The monoisotopic (exact) mass is 599 g/mol. The molecule has 3 aliphatic heterocycles. The summed E-state index contributed by atoms with van der Waals surface area (Å²) in [5.74, 6) is 2.63. The van der Waals surface area contributed by atoms with Crippen molar-refractivity contribution < 1.29 is 23.7 Å². The Morgan fingerprint density at radius 2 is 1.74 bits per heavy atom. The minimum atomic E-state index is -0.217. The van der Waals surface area contributed by atoms with Gasteiger partial charge in [0.15, 0.2) is 17.6 Å². The van der Waals surface area contributed by atoms with E-state index >= 15 is 0 Å². The van der Waals surface area contributed by atoms with Crippen molar-refractivity contribution in [3.8, 4) is 23.3 Å². The van der Waals surface area contributed by atoms with E-state index in [-0.39, 0.29) is 23.6 Å². The molecule has 3 aromatic carbocycles. The molecule has 2 saturated heterocycles. The number of nitrogens with zero attached hydrogens (tertiary/aromatic N) is 3. The Morgan fingerprint density at radius 3 is 2.51 bits per heavy atom. The molecule has 8 nitrogen and oxygen atoms in total. The highest BCUT2D eigenvalue weighted by atomic mass is 32.1. The molecule has 0 spiro atoms. The highest BCUT2D eigenvalue weighted by Gasteiger charge is 2.35. The fourth-order valence-electron chi connectivity index (χ4n) is 6.04. The van der Waals surface area contributed by atoms with Crippen molar-refractivity contribution in [3.63, 3.8) is 0 Å². The smallest absolute Gasteiger partial charge is 0.410 e. The van der Waals surface area contributed by atoms with Gasteiger partial charge < -0.3 is 23.8 Å². The molecule has 0 aliphatic carbocycles. The molecule has 0 aromatic heterocycles. The average molecular weight is 600 g/mol. The lowest BCUT2D eigenvalue weighted by molar-refractivity contribution is 0.0341. The molecule has 0 N–H and O–H groups in total. The number of rotatable bonds is 10. The van der Waals surface area contributed by atoms with Crippen molar-refractivity contribution in [2.75, 3.05) is 32.8 Å². The second kappa shape index (κ2) is 13.6. The van der Waals surface area contributed by atoms with Crippen molar-refractivity contribution in [2.24, 2.45) is 5.92 Å². The summed E-state index contributed by atoms with van der Waals surface area (Å²) in [6.45, 7) is 3.91. The van der Waals surface area contributed by atoms with Gasteiger partial charge in [0.2, 0.25) is 0 Å². The highest BCUT2D eigenvalue weighted by molar-refractivity contribution is 7.80. The molecule has 6 rings (SSSR count). The third kappa shape index (κ3) is 7.20. The largest absolute Gasteiger partial charge is 0.489 e. The van der Waals surface area contributed by atoms with Gasteiger partial charge in [-0.25, -0.2) is 4.79 Å². The van der Waals surface area contributed by atoms with Gasteiger partial charge in [-0.15, -0.1) is 0 Å². The van der Waals surface area contributed by atoms with Crippen molar-refractivity contribution in [3.05, 3.63) is 89.5 Å². The molecule has 2 unspecified atom stereocenters. The Hall–Kier alpha value is -3.87. The van der Waals surface area contributed by atoms with E-state index in [0.717, 1.165) is 55.6 Å². The molecule has 3 atom stereocenters. The summed E-state index contributed by atoms with van der Waals surface area (Å²) >= 11 is 4.89. The van der Waals surface area contributed by atoms with Crippen LogP contribution in [-0.4, -0.2) is 66.3 Å². The lowest BCUT2D eigenvalue weighted by Crippen LogP contribution is -2.49. The van der Waals surface area contributed by atoms with Gasteiger partial charge in [0.05, 0.1) is 23.0 Å². The molecule has 3 aliphatic rings. The van der Waals surface area contributed by atoms with Gasteiger partial charge in [-0.3, -0.25) is 4.90 Å². The Bertz CT molecular complexity index is 1420. The maximum absolute atomic E-state index is 12.6. The molecule has 3 aromatic rings. The Balaban J connectivity index is 0.949. The maximum atomic E-state index is 12.6. The molecule has 3 heterocycles.